The molecule has 0 bridgehead atoms. The number of hydrogen-bond donors (Lipinski definition) is 1. The standard InChI is InChI=1S/C13H17N3O4S/c1-9-8-14-5-6-16(9)21(18,19)10-3-4-12-11(7-10)15(2)13(17)20-12/h3-4,7,9,14H,5-6,8H2,1-2H3. The quantitative estimate of drug-likeness (QED) is 0.851. The Kier molecular flexibility index (Phi) is 3.39. The molecule has 8 heteroatoms. The molecule has 0 aliphatic carbocycles. The number of benzene rings is 1. The Morgan fingerprint density at radius 3 is 2.86 bits per heavy atom. The maximum atomic E-state index is 12.7. The van der Waals surface area contributed by atoms with E-state index in [-0.39, 0.29) is 10.9 Å². The van der Waals surface area contributed by atoms with Crippen molar-refractivity contribution < 1.29 is 12.8 Å². The molecule has 1 N–H and O–H groups in total. The summed E-state index contributed by atoms with van der Waals surface area (Å²) in [6, 6.07) is 4.39. The fraction of sp³-hybridized carbons (Fsp3) is 0.462. The molecule has 2 heterocycles. The van der Waals surface area contributed by atoms with Crippen LogP contribution in [-0.4, -0.2) is 43.0 Å². The summed E-state index contributed by atoms with van der Waals surface area (Å²) in [7, 11) is -2.02. The maximum Gasteiger partial charge on any atom is 0.419 e. The minimum atomic E-state index is -3.57. The molecule has 1 saturated heterocycles. The largest absolute Gasteiger partial charge is 0.419 e. The van der Waals surface area contributed by atoms with E-state index >= 15 is 0 Å². The van der Waals surface area contributed by atoms with Crippen LogP contribution in [0, 0.1) is 0 Å². The Bertz CT molecular complexity index is 837. The van der Waals surface area contributed by atoms with Gasteiger partial charge in [0.25, 0.3) is 0 Å². The number of oxazole rings is 1. The van der Waals surface area contributed by atoms with Crippen LogP contribution in [0.15, 0.2) is 32.3 Å². The second kappa shape index (κ2) is 4.97. The molecule has 1 aromatic heterocycles. The van der Waals surface area contributed by atoms with Gasteiger partial charge in [-0.05, 0) is 25.1 Å². The van der Waals surface area contributed by atoms with E-state index in [1.165, 1.54) is 27.1 Å². The van der Waals surface area contributed by atoms with Crippen LogP contribution in [0.25, 0.3) is 11.1 Å². The van der Waals surface area contributed by atoms with Gasteiger partial charge in [0.05, 0.1) is 10.4 Å². The zero-order valence-electron chi connectivity index (χ0n) is 11.9. The van der Waals surface area contributed by atoms with Gasteiger partial charge in [0.2, 0.25) is 10.0 Å². The molecular weight excluding hydrogens is 294 g/mol. The summed E-state index contributed by atoms with van der Waals surface area (Å²) in [4.78, 5) is 11.7. The number of nitrogens with one attached hydrogen (secondary N) is 1. The molecule has 1 unspecified atom stereocenters. The number of fused-ring (bicyclic) bond motifs is 1. The van der Waals surface area contributed by atoms with Crippen molar-refractivity contribution in [2.75, 3.05) is 19.6 Å². The summed E-state index contributed by atoms with van der Waals surface area (Å²) < 4.78 is 33.3. The SMILES string of the molecule is CC1CNCCN1S(=O)(=O)c1ccc2oc(=O)n(C)c2c1. The highest BCUT2D eigenvalue weighted by Gasteiger charge is 2.31. The van der Waals surface area contributed by atoms with E-state index < -0.39 is 15.8 Å². The van der Waals surface area contributed by atoms with Gasteiger partial charge in [-0.25, -0.2) is 13.2 Å². The van der Waals surface area contributed by atoms with Crippen LogP contribution in [0.4, 0.5) is 0 Å². The molecule has 3 rings (SSSR count). The first-order valence-electron chi connectivity index (χ1n) is 6.73. The maximum absolute atomic E-state index is 12.7. The van der Waals surface area contributed by atoms with Crippen molar-refractivity contribution in [2.24, 2.45) is 7.05 Å². The molecule has 2 aromatic rings. The van der Waals surface area contributed by atoms with Crippen molar-refractivity contribution in [3.63, 3.8) is 0 Å². The van der Waals surface area contributed by atoms with E-state index in [4.69, 9.17) is 4.42 Å². The normalized spacial score (nSPS) is 21.0. The van der Waals surface area contributed by atoms with Crippen LogP contribution >= 0.6 is 0 Å². The van der Waals surface area contributed by atoms with Crippen molar-refractivity contribution in [1.29, 1.82) is 0 Å². The third-order valence-corrected chi connectivity index (χ3v) is 5.82. The third kappa shape index (κ3) is 2.29. The van der Waals surface area contributed by atoms with E-state index in [9.17, 15) is 13.2 Å². The van der Waals surface area contributed by atoms with E-state index in [2.05, 4.69) is 5.32 Å². The average Bonchev–Trinajstić information content (AvgIpc) is 2.74. The van der Waals surface area contributed by atoms with Crippen molar-refractivity contribution in [3.05, 3.63) is 28.7 Å². The Balaban J connectivity index is 2.10. The van der Waals surface area contributed by atoms with E-state index in [1.807, 2.05) is 6.92 Å². The number of sulfonamides is 1. The van der Waals surface area contributed by atoms with Gasteiger partial charge < -0.3 is 9.73 Å². The van der Waals surface area contributed by atoms with Crippen molar-refractivity contribution in [2.45, 2.75) is 17.9 Å². The Hall–Kier alpha value is -1.64. The molecule has 0 saturated carbocycles. The molecule has 1 aliphatic rings. The summed E-state index contributed by atoms with van der Waals surface area (Å²) in [5, 5.41) is 3.16. The lowest BCUT2D eigenvalue weighted by Gasteiger charge is -2.32. The lowest BCUT2D eigenvalue weighted by Crippen LogP contribution is -2.52. The molecule has 1 fully saturated rings. The second-order valence-electron chi connectivity index (χ2n) is 5.23. The van der Waals surface area contributed by atoms with Crippen LogP contribution in [0.5, 0.6) is 0 Å². The van der Waals surface area contributed by atoms with E-state index in [0.29, 0.717) is 30.7 Å². The predicted octanol–water partition coefficient (Wildman–Crippen LogP) is 0.114. The van der Waals surface area contributed by atoms with E-state index in [0.717, 1.165) is 0 Å². The molecule has 114 valence electrons. The zero-order chi connectivity index (χ0) is 15.2. The molecule has 1 aromatic carbocycles. The summed E-state index contributed by atoms with van der Waals surface area (Å²) in [6.07, 6.45) is 0. The topological polar surface area (TPSA) is 84.6 Å². The van der Waals surface area contributed by atoms with Gasteiger partial charge in [0, 0.05) is 32.7 Å². The number of aryl methyl sites for hydroxylation is 1. The summed E-state index contributed by atoms with van der Waals surface area (Å²) in [5.74, 6) is -0.505. The number of nitrogens with zero attached hydrogens (tertiary/aromatic N) is 2. The van der Waals surface area contributed by atoms with Crippen LogP contribution in [0.3, 0.4) is 0 Å². The Labute approximate surface area is 122 Å². The molecule has 1 aliphatic heterocycles. The number of rotatable bonds is 2. The summed E-state index contributed by atoms with van der Waals surface area (Å²) in [5.41, 5.74) is 0.860. The fourth-order valence-corrected chi connectivity index (χ4v) is 4.23. The summed E-state index contributed by atoms with van der Waals surface area (Å²) >= 11 is 0. The summed E-state index contributed by atoms with van der Waals surface area (Å²) in [6.45, 7) is 3.57. The first-order valence-corrected chi connectivity index (χ1v) is 8.17. The van der Waals surface area contributed by atoms with Crippen molar-refractivity contribution in [1.82, 2.24) is 14.2 Å². The van der Waals surface area contributed by atoms with Gasteiger partial charge >= 0.3 is 5.76 Å². The first-order chi connectivity index (χ1) is 9.91. The predicted molar refractivity (Wildman–Crippen MR) is 77.7 cm³/mol. The van der Waals surface area contributed by atoms with Crippen molar-refractivity contribution in [3.8, 4) is 0 Å². The zero-order valence-corrected chi connectivity index (χ0v) is 12.7. The van der Waals surface area contributed by atoms with Gasteiger partial charge in [-0.2, -0.15) is 4.31 Å². The van der Waals surface area contributed by atoms with Gasteiger partial charge in [-0.15, -0.1) is 0 Å². The molecule has 0 radical (unpaired) electrons. The monoisotopic (exact) mass is 311 g/mol. The molecule has 21 heavy (non-hydrogen) atoms. The van der Waals surface area contributed by atoms with Crippen LogP contribution in [-0.2, 0) is 17.1 Å². The average molecular weight is 311 g/mol. The molecule has 0 amide bonds. The van der Waals surface area contributed by atoms with Gasteiger partial charge in [0.1, 0.15) is 0 Å². The van der Waals surface area contributed by atoms with Crippen LogP contribution < -0.4 is 11.1 Å². The highest BCUT2D eigenvalue weighted by atomic mass is 32.2. The molecule has 7 nitrogen and oxygen atoms in total. The molecular formula is C13H17N3O4S. The minimum absolute atomic E-state index is 0.104. The number of hydrogen-bond acceptors (Lipinski definition) is 5. The first kappa shape index (κ1) is 14.3. The Morgan fingerprint density at radius 1 is 1.38 bits per heavy atom. The second-order valence-corrected chi connectivity index (χ2v) is 7.12. The highest BCUT2D eigenvalue weighted by Crippen LogP contribution is 2.23. The smallest absolute Gasteiger partial charge is 0.408 e. The van der Waals surface area contributed by atoms with E-state index in [1.54, 1.807) is 7.05 Å². The van der Waals surface area contributed by atoms with Crippen LogP contribution in [0.2, 0.25) is 0 Å². The third-order valence-electron chi connectivity index (χ3n) is 3.81. The fourth-order valence-electron chi connectivity index (χ4n) is 2.58. The molecule has 1 atom stereocenters. The molecule has 0 spiro atoms. The van der Waals surface area contributed by atoms with Gasteiger partial charge in [-0.1, -0.05) is 0 Å². The van der Waals surface area contributed by atoms with Gasteiger partial charge in [-0.3, -0.25) is 4.57 Å². The van der Waals surface area contributed by atoms with Gasteiger partial charge in [0.15, 0.2) is 5.58 Å². The number of aromatic nitrogens is 1. The lowest BCUT2D eigenvalue weighted by atomic mass is 10.3. The Morgan fingerprint density at radius 2 is 2.14 bits per heavy atom. The lowest BCUT2D eigenvalue weighted by molar-refractivity contribution is 0.284. The van der Waals surface area contributed by atoms with Crippen LogP contribution in [0.1, 0.15) is 6.92 Å². The minimum Gasteiger partial charge on any atom is -0.408 e. The number of piperazine rings is 1. The van der Waals surface area contributed by atoms with Crippen molar-refractivity contribution >= 4 is 21.1 Å². The highest BCUT2D eigenvalue weighted by molar-refractivity contribution is 7.89.